The molecule has 2 aromatic rings. The number of hydrogen-bond donors (Lipinski definition) is 0. The Morgan fingerprint density at radius 2 is 1.97 bits per heavy atom. The van der Waals surface area contributed by atoms with Crippen molar-refractivity contribution in [1.29, 1.82) is 0 Å². The van der Waals surface area contributed by atoms with Crippen LogP contribution in [0.2, 0.25) is 0 Å². The van der Waals surface area contributed by atoms with Gasteiger partial charge >= 0.3 is 5.97 Å². The summed E-state index contributed by atoms with van der Waals surface area (Å²) in [5.41, 5.74) is 0.493. The standard InChI is InChI=1S/C20H17N3O7S/c1-3-29-19(25)12(2)22-18(24)16(31-20(22)26)10-13-4-7-15(8-5-13)30-17-9-6-14(11-21-17)23(27)28/h4-12H,3H2,1-2H3/b16-10+/t12-/m0/s1. The molecule has 0 bridgehead atoms. The number of hydrogen-bond acceptors (Lipinski definition) is 9. The molecule has 1 aliphatic heterocycles. The van der Waals surface area contributed by atoms with Crippen molar-refractivity contribution >= 4 is 40.6 Å². The molecular weight excluding hydrogens is 426 g/mol. The molecule has 1 aromatic carbocycles. The molecule has 31 heavy (non-hydrogen) atoms. The first-order valence-corrected chi connectivity index (χ1v) is 9.94. The van der Waals surface area contributed by atoms with Crippen LogP contribution in [0.25, 0.3) is 6.08 Å². The minimum Gasteiger partial charge on any atom is -0.464 e. The van der Waals surface area contributed by atoms with Crippen LogP contribution in [0.4, 0.5) is 10.5 Å². The van der Waals surface area contributed by atoms with Crippen LogP contribution in [-0.4, -0.2) is 44.6 Å². The van der Waals surface area contributed by atoms with Gasteiger partial charge in [-0.15, -0.1) is 0 Å². The molecule has 1 aliphatic rings. The van der Waals surface area contributed by atoms with Crippen molar-refractivity contribution in [2.75, 3.05) is 6.61 Å². The molecule has 160 valence electrons. The Morgan fingerprint density at radius 3 is 2.55 bits per heavy atom. The summed E-state index contributed by atoms with van der Waals surface area (Å²) in [6.07, 6.45) is 2.63. The van der Waals surface area contributed by atoms with Crippen molar-refractivity contribution in [3.8, 4) is 11.6 Å². The van der Waals surface area contributed by atoms with Gasteiger partial charge in [0.15, 0.2) is 0 Å². The largest absolute Gasteiger partial charge is 0.464 e. The molecule has 11 heteroatoms. The summed E-state index contributed by atoms with van der Waals surface area (Å²) in [7, 11) is 0. The van der Waals surface area contributed by atoms with E-state index in [0.29, 0.717) is 11.3 Å². The number of esters is 1. The maximum absolute atomic E-state index is 12.6. The number of rotatable bonds is 7. The number of nitrogens with zero attached hydrogens (tertiary/aromatic N) is 3. The fourth-order valence-corrected chi connectivity index (χ4v) is 3.54. The smallest absolute Gasteiger partial charge is 0.329 e. The van der Waals surface area contributed by atoms with Gasteiger partial charge in [0.25, 0.3) is 16.8 Å². The number of imide groups is 1. The molecule has 10 nitrogen and oxygen atoms in total. The SMILES string of the molecule is CCOC(=O)[C@H](C)N1C(=O)S/C(=C/c2ccc(Oc3ccc([N+](=O)[O-])cn3)cc2)C1=O. The fraction of sp³-hybridized carbons (Fsp3) is 0.200. The van der Waals surface area contributed by atoms with Crippen LogP contribution in [0.5, 0.6) is 11.6 Å². The van der Waals surface area contributed by atoms with Crippen LogP contribution in [0.1, 0.15) is 19.4 Å². The topological polar surface area (TPSA) is 129 Å². The Balaban J connectivity index is 1.70. The van der Waals surface area contributed by atoms with Crippen LogP contribution in [0, 0.1) is 10.1 Å². The number of carbonyl (C=O) groups excluding carboxylic acids is 3. The summed E-state index contributed by atoms with van der Waals surface area (Å²) in [6, 6.07) is 8.24. The molecule has 0 spiro atoms. The lowest BCUT2D eigenvalue weighted by Gasteiger charge is -2.19. The second-order valence-corrected chi connectivity index (χ2v) is 7.26. The van der Waals surface area contributed by atoms with E-state index in [1.54, 1.807) is 31.2 Å². The summed E-state index contributed by atoms with van der Waals surface area (Å²) in [6.45, 7) is 3.23. The Hall–Kier alpha value is -3.73. The lowest BCUT2D eigenvalue weighted by Crippen LogP contribution is -2.42. The van der Waals surface area contributed by atoms with Gasteiger partial charge in [0.05, 0.1) is 16.4 Å². The normalized spacial score (nSPS) is 15.8. The number of benzene rings is 1. The van der Waals surface area contributed by atoms with Gasteiger partial charge in [-0.05, 0) is 49.4 Å². The second kappa shape index (κ2) is 9.39. The first kappa shape index (κ1) is 22.0. The van der Waals surface area contributed by atoms with Crippen LogP contribution in [0.3, 0.4) is 0 Å². The highest BCUT2D eigenvalue weighted by molar-refractivity contribution is 8.18. The molecule has 0 unspecified atom stereocenters. The number of thioether (sulfide) groups is 1. The molecule has 0 saturated carbocycles. The second-order valence-electron chi connectivity index (χ2n) is 6.26. The molecule has 1 atom stereocenters. The highest BCUT2D eigenvalue weighted by Gasteiger charge is 2.41. The molecule has 1 fully saturated rings. The molecule has 3 rings (SSSR count). The van der Waals surface area contributed by atoms with E-state index < -0.39 is 28.1 Å². The molecule has 1 aromatic heterocycles. The maximum Gasteiger partial charge on any atom is 0.329 e. The summed E-state index contributed by atoms with van der Waals surface area (Å²) in [4.78, 5) is 51.7. The van der Waals surface area contributed by atoms with Gasteiger partial charge in [-0.25, -0.2) is 9.78 Å². The van der Waals surface area contributed by atoms with Gasteiger partial charge in [-0.2, -0.15) is 0 Å². The van der Waals surface area contributed by atoms with Gasteiger partial charge in [0.2, 0.25) is 5.88 Å². The zero-order chi connectivity index (χ0) is 22.5. The van der Waals surface area contributed by atoms with E-state index in [9.17, 15) is 24.5 Å². The molecule has 2 heterocycles. The van der Waals surface area contributed by atoms with Crippen molar-refractivity contribution in [2.45, 2.75) is 19.9 Å². The quantitative estimate of drug-likeness (QED) is 0.272. The molecule has 1 saturated heterocycles. The average Bonchev–Trinajstić information content (AvgIpc) is 3.02. The monoisotopic (exact) mass is 443 g/mol. The van der Waals surface area contributed by atoms with E-state index in [1.807, 2.05) is 0 Å². The maximum atomic E-state index is 12.6. The zero-order valence-corrected chi connectivity index (χ0v) is 17.3. The van der Waals surface area contributed by atoms with Crippen LogP contribution >= 0.6 is 11.8 Å². The van der Waals surface area contributed by atoms with E-state index in [-0.39, 0.29) is 23.1 Å². The van der Waals surface area contributed by atoms with Gasteiger partial charge < -0.3 is 9.47 Å². The van der Waals surface area contributed by atoms with E-state index in [4.69, 9.17) is 9.47 Å². The summed E-state index contributed by atoms with van der Waals surface area (Å²) in [5, 5.41) is 10.1. The first-order valence-electron chi connectivity index (χ1n) is 9.12. The number of nitro groups is 1. The summed E-state index contributed by atoms with van der Waals surface area (Å²) in [5.74, 6) is -0.590. The van der Waals surface area contributed by atoms with Crippen molar-refractivity contribution in [2.24, 2.45) is 0 Å². The Labute approximate surface area is 181 Å². The number of aromatic nitrogens is 1. The minimum atomic E-state index is -1.01. The Kier molecular flexibility index (Phi) is 6.65. The van der Waals surface area contributed by atoms with Crippen molar-refractivity contribution in [1.82, 2.24) is 9.88 Å². The van der Waals surface area contributed by atoms with E-state index >= 15 is 0 Å². The average molecular weight is 443 g/mol. The lowest BCUT2D eigenvalue weighted by molar-refractivity contribution is -0.385. The predicted molar refractivity (Wildman–Crippen MR) is 111 cm³/mol. The third-order valence-corrected chi connectivity index (χ3v) is 5.05. The van der Waals surface area contributed by atoms with Crippen LogP contribution in [0.15, 0.2) is 47.5 Å². The summed E-state index contributed by atoms with van der Waals surface area (Å²) < 4.78 is 10.4. The van der Waals surface area contributed by atoms with Gasteiger partial charge in [0.1, 0.15) is 18.0 Å². The molecule has 0 N–H and O–H groups in total. The molecular formula is C20H17N3O7S. The molecule has 2 amide bonds. The number of carbonyl (C=O) groups is 3. The number of amides is 2. The zero-order valence-electron chi connectivity index (χ0n) is 16.5. The lowest BCUT2D eigenvalue weighted by atomic mass is 10.2. The van der Waals surface area contributed by atoms with E-state index in [1.165, 1.54) is 25.1 Å². The van der Waals surface area contributed by atoms with Crippen molar-refractivity contribution < 1.29 is 28.8 Å². The van der Waals surface area contributed by atoms with Gasteiger partial charge in [-0.3, -0.25) is 24.6 Å². The summed E-state index contributed by atoms with van der Waals surface area (Å²) >= 11 is 0.745. The highest BCUT2D eigenvalue weighted by Crippen LogP contribution is 2.34. The first-order chi connectivity index (χ1) is 14.8. The van der Waals surface area contributed by atoms with Gasteiger partial charge in [0, 0.05) is 12.1 Å². The molecule has 0 aliphatic carbocycles. The third kappa shape index (κ3) is 5.07. The predicted octanol–water partition coefficient (Wildman–Crippen LogP) is 3.77. The Morgan fingerprint density at radius 1 is 1.26 bits per heavy atom. The van der Waals surface area contributed by atoms with E-state index in [0.717, 1.165) is 22.9 Å². The van der Waals surface area contributed by atoms with Crippen molar-refractivity contribution in [3.63, 3.8) is 0 Å². The van der Waals surface area contributed by atoms with Crippen LogP contribution in [-0.2, 0) is 14.3 Å². The highest BCUT2D eigenvalue weighted by atomic mass is 32.2. The third-order valence-electron chi connectivity index (χ3n) is 4.17. The fourth-order valence-electron chi connectivity index (χ4n) is 2.63. The minimum absolute atomic E-state index is 0.145. The van der Waals surface area contributed by atoms with Gasteiger partial charge in [-0.1, -0.05) is 12.1 Å². The number of pyridine rings is 1. The van der Waals surface area contributed by atoms with Crippen LogP contribution < -0.4 is 4.74 Å². The number of ether oxygens (including phenoxy) is 2. The Bertz CT molecular complexity index is 1050. The van der Waals surface area contributed by atoms with Crippen molar-refractivity contribution in [3.05, 3.63) is 63.2 Å². The molecule has 0 radical (unpaired) electrons. The van der Waals surface area contributed by atoms with E-state index in [2.05, 4.69) is 4.98 Å².